The minimum atomic E-state index is -0.524. The molecule has 1 unspecified atom stereocenters. The summed E-state index contributed by atoms with van der Waals surface area (Å²) in [4.78, 5) is 13.5. The summed E-state index contributed by atoms with van der Waals surface area (Å²) in [5.74, 6) is 0.905. The molecule has 1 atom stereocenters. The van der Waals surface area contributed by atoms with Crippen molar-refractivity contribution in [1.82, 2.24) is 4.98 Å². The Labute approximate surface area is 94.6 Å². The van der Waals surface area contributed by atoms with Crippen LogP contribution in [0, 0.1) is 16.0 Å². The first-order chi connectivity index (χ1) is 7.63. The van der Waals surface area contributed by atoms with Crippen LogP contribution in [0.5, 0.6) is 5.75 Å². The first-order valence-electron chi connectivity index (χ1n) is 5.36. The van der Waals surface area contributed by atoms with Crippen LogP contribution in [-0.2, 0) is 0 Å². The highest BCUT2D eigenvalue weighted by Gasteiger charge is 2.08. The van der Waals surface area contributed by atoms with Gasteiger partial charge in [0.2, 0.25) is 0 Å². The van der Waals surface area contributed by atoms with Crippen LogP contribution in [0.15, 0.2) is 18.3 Å². The summed E-state index contributed by atoms with van der Waals surface area (Å²) in [6.07, 6.45) is 3.63. The largest absolute Gasteiger partial charge is 0.489 e. The molecule has 0 bridgehead atoms. The summed E-state index contributed by atoms with van der Waals surface area (Å²) in [7, 11) is 0. The molecule has 0 aliphatic heterocycles. The Morgan fingerprint density at radius 3 is 2.81 bits per heavy atom. The number of nitro groups is 1. The first-order valence-corrected chi connectivity index (χ1v) is 5.36. The maximum atomic E-state index is 10.4. The van der Waals surface area contributed by atoms with Crippen molar-refractivity contribution in [3.05, 3.63) is 28.4 Å². The second-order valence-electron chi connectivity index (χ2n) is 3.81. The van der Waals surface area contributed by atoms with Crippen molar-refractivity contribution in [2.24, 2.45) is 5.92 Å². The van der Waals surface area contributed by atoms with E-state index in [1.807, 2.05) is 0 Å². The smallest absolute Gasteiger partial charge is 0.363 e. The molecule has 5 nitrogen and oxygen atoms in total. The van der Waals surface area contributed by atoms with Crippen LogP contribution in [0.25, 0.3) is 0 Å². The maximum Gasteiger partial charge on any atom is 0.363 e. The lowest BCUT2D eigenvalue weighted by atomic mass is 10.1. The van der Waals surface area contributed by atoms with Gasteiger partial charge in [-0.3, -0.25) is 0 Å². The van der Waals surface area contributed by atoms with Crippen LogP contribution in [0.2, 0.25) is 0 Å². The number of nitrogens with zero attached hydrogens (tertiary/aromatic N) is 2. The van der Waals surface area contributed by atoms with Crippen molar-refractivity contribution in [2.75, 3.05) is 6.61 Å². The zero-order valence-electron chi connectivity index (χ0n) is 9.55. The zero-order valence-corrected chi connectivity index (χ0v) is 9.55. The molecule has 1 aromatic rings. The topological polar surface area (TPSA) is 65.3 Å². The second kappa shape index (κ2) is 6.05. The second-order valence-corrected chi connectivity index (χ2v) is 3.81. The highest BCUT2D eigenvalue weighted by molar-refractivity contribution is 5.26. The Bertz CT molecular complexity index is 338. The standard InChI is InChI=1S/C11H16N2O3/c1-3-4-9(2)8-16-10-5-6-11(12-7-10)13(14)15/h5-7,9H,3-4,8H2,1-2H3. The maximum absolute atomic E-state index is 10.4. The van der Waals surface area contributed by atoms with Gasteiger partial charge in [-0.1, -0.05) is 20.3 Å². The Balaban J connectivity index is 2.46. The van der Waals surface area contributed by atoms with Gasteiger partial charge in [-0.2, -0.15) is 0 Å². The Morgan fingerprint density at radius 2 is 2.31 bits per heavy atom. The zero-order chi connectivity index (χ0) is 12.0. The molecule has 0 radical (unpaired) electrons. The van der Waals surface area contributed by atoms with Crippen molar-refractivity contribution in [2.45, 2.75) is 26.7 Å². The predicted octanol–water partition coefficient (Wildman–Crippen LogP) is 2.80. The average Bonchev–Trinajstić information content (AvgIpc) is 2.27. The fourth-order valence-corrected chi connectivity index (χ4v) is 1.38. The highest BCUT2D eigenvalue weighted by Crippen LogP contribution is 2.15. The number of hydrogen-bond acceptors (Lipinski definition) is 4. The van der Waals surface area contributed by atoms with Crippen LogP contribution < -0.4 is 4.74 Å². The molecule has 0 saturated carbocycles. The molecule has 0 aliphatic carbocycles. The lowest BCUT2D eigenvalue weighted by Gasteiger charge is -2.10. The van der Waals surface area contributed by atoms with E-state index < -0.39 is 4.92 Å². The normalized spacial score (nSPS) is 12.1. The molecule has 1 aromatic heterocycles. The molecule has 0 aromatic carbocycles. The fourth-order valence-electron chi connectivity index (χ4n) is 1.38. The Morgan fingerprint density at radius 1 is 1.56 bits per heavy atom. The third kappa shape index (κ3) is 3.84. The van der Waals surface area contributed by atoms with Crippen molar-refractivity contribution in [3.63, 3.8) is 0 Å². The van der Waals surface area contributed by atoms with Crippen LogP contribution in [0.3, 0.4) is 0 Å². The third-order valence-electron chi connectivity index (χ3n) is 2.22. The van der Waals surface area contributed by atoms with E-state index in [1.54, 1.807) is 6.07 Å². The molecule has 0 saturated heterocycles. The summed E-state index contributed by atoms with van der Waals surface area (Å²) in [5.41, 5.74) is 0. The minimum Gasteiger partial charge on any atom is -0.489 e. The van der Waals surface area contributed by atoms with Crippen molar-refractivity contribution in [1.29, 1.82) is 0 Å². The van der Waals surface area contributed by atoms with Gasteiger partial charge < -0.3 is 14.9 Å². The summed E-state index contributed by atoms with van der Waals surface area (Å²) in [5, 5.41) is 10.4. The van der Waals surface area contributed by atoms with Gasteiger partial charge in [0.1, 0.15) is 0 Å². The van der Waals surface area contributed by atoms with Gasteiger partial charge in [0.15, 0.2) is 11.9 Å². The van der Waals surface area contributed by atoms with E-state index in [2.05, 4.69) is 18.8 Å². The monoisotopic (exact) mass is 224 g/mol. The van der Waals surface area contributed by atoms with Crippen molar-refractivity contribution < 1.29 is 9.66 Å². The molecule has 1 heterocycles. The summed E-state index contributed by atoms with van der Waals surface area (Å²) < 4.78 is 5.47. The molecular weight excluding hydrogens is 208 g/mol. The van der Waals surface area contributed by atoms with E-state index in [4.69, 9.17) is 4.74 Å². The quantitative estimate of drug-likeness (QED) is 0.550. The fraction of sp³-hybridized carbons (Fsp3) is 0.545. The van der Waals surface area contributed by atoms with Gasteiger partial charge in [0.05, 0.1) is 6.61 Å². The Hall–Kier alpha value is -1.65. The van der Waals surface area contributed by atoms with E-state index in [0.717, 1.165) is 12.8 Å². The summed E-state index contributed by atoms with van der Waals surface area (Å²) in [6.45, 7) is 4.86. The van der Waals surface area contributed by atoms with Gasteiger partial charge in [-0.05, 0) is 28.3 Å². The van der Waals surface area contributed by atoms with Crippen molar-refractivity contribution in [3.8, 4) is 5.75 Å². The van der Waals surface area contributed by atoms with E-state index in [1.165, 1.54) is 12.3 Å². The Kier molecular flexibility index (Phi) is 4.69. The number of rotatable bonds is 6. The molecule has 0 fully saturated rings. The molecule has 5 heteroatoms. The molecule has 0 spiro atoms. The SMILES string of the molecule is CCCC(C)COc1ccc([N+](=O)[O-])nc1. The van der Waals surface area contributed by atoms with Crippen LogP contribution in [0.4, 0.5) is 5.82 Å². The molecule has 16 heavy (non-hydrogen) atoms. The molecular formula is C11H16N2O3. The third-order valence-corrected chi connectivity index (χ3v) is 2.22. The van der Waals surface area contributed by atoms with E-state index >= 15 is 0 Å². The summed E-state index contributed by atoms with van der Waals surface area (Å²) in [6, 6.07) is 2.92. The molecule has 88 valence electrons. The van der Waals surface area contributed by atoms with Gasteiger partial charge in [0.25, 0.3) is 0 Å². The number of pyridine rings is 1. The van der Waals surface area contributed by atoms with Gasteiger partial charge >= 0.3 is 5.82 Å². The lowest BCUT2D eigenvalue weighted by Crippen LogP contribution is -2.08. The van der Waals surface area contributed by atoms with Crippen LogP contribution >= 0.6 is 0 Å². The highest BCUT2D eigenvalue weighted by atomic mass is 16.6. The van der Waals surface area contributed by atoms with Gasteiger partial charge in [0, 0.05) is 6.07 Å². The van der Waals surface area contributed by atoms with Gasteiger partial charge in [-0.15, -0.1) is 0 Å². The number of hydrogen-bond donors (Lipinski definition) is 0. The predicted molar refractivity (Wildman–Crippen MR) is 60.5 cm³/mol. The van der Waals surface area contributed by atoms with Crippen molar-refractivity contribution >= 4 is 5.82 Å². The molecule has 1 rings (SSSR count). The molecule has 0 amide bonds. The first kappa shape index (κ1) is 12.4. The van der Waals surface area contributed by atoms with Gasteiger partial charge in [-0.25, -0.2) is 0 Å². The summed E-state index contributed by atoms with van der Waals surface area (Å²) >= 11 is 0. The lowest BCUT2D eigenvalue weighted by molar-refractivity contribution is -0.389. The van der Waals surface area contributed by atoms with E-state index in [0.29, 0.717) is 18.3 Å². The molecule has 0 aliphatic rings. The number of ether oxygens (including phenoxy) is 1. The number of aromatic nitrogens is 1. The average molecular weight is 224 g/mol. The van der Waals surface area contributed by atoms with E-state index in [9.17, 15) is 10.1 Å². The van der Waals surface area contributed by atoms with E-state index in [-0.39, 0.29) is 5.82 Å². The van der Waals surface area contributed by atoms with Crippen LogP contribution in [0.1, 0.15) is 26.7 Å². The minimum absolute atomic E-state index is 0.158. The van der Waals surface area contributed by atoms with Crippen LogP contribution in [-0.4, -0.2) is 16.5 Å². The molecule has 0 N–H and O–H groups in total.